The van der Waals surface area contributed by atoms with Gasteiger partial charge < -0.3 is 5.73 Å². The molecule has 1 unspecified atom stereocenters. The first-order valence-corrected chi connectivity index (χ1v) is 15.0. The summed E-state index contributed by atoms with van der Waals surface area (Å²) < 4.78 is 14.4. The van der Waals surface area contributed by atoms with Crippen LogP contribution in [0.4, 0.5) is 10.1 Å². The van der Waals surface area contributed by atoms with E-state index in [1.54, 1.807) is 40.9 Å². The maximum atomic E-state index is 14.4. The highest BCUT2D eigenvalue weighted by molar-refractivity contribution is 7.98. The fraction of sp³-hybridized carbons (Fsp3) is 0.273. The van der Waals surface area contributed by atoms with Gasteiger partial charge in [-0.05, 0) is 84.3 Å². The molecule has 1 aliphatic carbocycles. The van der Waals surface area contributed by atoms with Gasteiger partial charge in [0.2, 0.25) is 0 Å². The van der Waals surface area contributed by atoms with Gasteiger partial charge in [-0.2, -0.15) is 5.26 Å². The van der Waals surface area contributed by atoms with Crippen molar-refractivity contribution >= 4 is 46.4 Å². The smallest absolute Gasteiger partial charge is 0.162 e. The van der Waals surface area contributed by atoms with Crippen molar-refractivity contribution in [2.24, 2.45) is 11.1 Å². The highest BCUT2D eigenvalue weighted by Crippen LogP contribution is 2.51. The Labute approximate surface area is 254 Å². The second-order valence-electron chi connectivity index (χ2n) is 11.5. The fourth-order valence-corrected chi connectivity index (χ4v) is 7.41. The van der Waals surface area contributed by atoms with E-state index < -0.39 is 11.7 Å². The Hall–Kier alpha value is -3.24. The maximum Gasteiger partial charge on any atom is 0.162 e. The number of hydrogen-bond donors (Lipinski definition) is 1. The van der Waals surface area contributed by atoms with Crippen molar-refractivity contribution in [3.8, 4) is 6.07 Å². The quantitative estimate of drug-likeness (QED) is 0.294. The lowest BCUT2D eigenvalue weighted by Crippen LogP contribution is -2.42. The molecule has 3 aromatic rings. The van der Waals surface area contributed by atoms with Gasteiger partial charge >= 0.3 is 0 Å². The Morgan fingerprint density at radius 2 is 1.85 bits per heavy atom. The zero-order valence-corrected chi connectivity index (χ0v) is 25.6. The van der Waals surface area contributed by atoms with Crippen LogP contribution < -0.4 is 10.6 Å². The third kappa shape index (κ3) is 5.64. The second kappa shape index (κ2) is 11.2. The molecule has 0 fully saturated rings. The molecule has 41 heavy (non-hydrogen) atoms. The van der Waals surface area contributed by atoms with Crippen molar-refractivity contribution in [1.29, 1.82) is 5.26 Å². The number of anilines is 1. The lowest BCUT2D eigenvalue weighted by Gasteiger charge is -2.44. The number of rotatable bonds is 5. The fourth-order valence-electron chi connectivity index (χ4n) is 5.86. The molecule has 1 atom stereocenters. The highest BCUT2D eigenvalue weighted by atomic mass is 35.5. The molecule has 8 heteroatoms. The minimum absolute atomic E-state index is 0.0236. The van der Waals surface area contributed by atoms with Gasteiger partial charge in [-0.3, -0.25) is 9.69 Å². The lowest BCUT2D eigenvalue weighted by molar-refractivity contribution is -0.118. The van der Waals surface area contributed by atoms with Crippen molar-refractivity contribution in [1.82, 2.24) is 0 Å². The average Bonchev–Trinajstić information content (AvgIpc) is 2.89. The summed E-state index contributed by atoms with van der Waals surface area (Å²) in [5.41, 5.74) is 12.5. The summed E-state index contributed by atoms with van der Waals surface area (Å²) in [6.45, 7) is 8.13. The largest absolute Gasteiger partial charge is 0.384 e. The van der Waals surface area contributed by atoms with Crippen molar-refractivity contribution in [3.05, 3.63) is 115 Å². The zero-order valence-electron chi connectivity index (χ0n) is 23.3. The summed E-state index contributed by atoms with van der Waals surface area (Å²) in [6.07, 6.45) is 0.903. The molecule has 4 nitrogen and oxygen atoms in total. The van der Waals surface area contributed by atoms with E-state index in [1.165, 1.54) is 12.1 Å². The first-order chi connectivity index (χ1) is 19.4. The third-order valence-corrected chi connectivity index (χ3v) is 9.54. The van der Waals surface area contributed by atoms with E-state index in [9.17, 15) is 14.4 Å². The van der Waals surface area contributed by atoms with Crippen LogP contribution in [0.3, 0.4) is 0 Å². The zero-order chi connectivity index (χ0) is 29.6. The second-order valence-corrected chi connectivity index (χ2v) is 13.3. The molecule has 2 aliphatic rings. The number of thioether (sulfide) groups is 1. The molecular formula is C33H30Cl2FN3OS. The number of allylic oxidation sites excluding steroid dienone is 3. The lowest BCUT2D eigenvalue weighted by atomic mass is 9.68. The van der Waals surface area contributed by atoms with Crippen molar-refractivity contribution in [2.75, 3.05) is 4.90 Å². The summed E-state index contributed by atoms with van der Waals surface area (Å²) in [5, 5.41) is 11.7. The minimum atomic E-state index is -0.623. The van der Waals surface area contributed by atoms with E-state index in [4.69, 9.17) is 28.9 Å². The van der Waals surface area contributed by atoms with E-state index in [2.05, 4.69) is 18.2 Å². The first-order valence-electron chi connectivity index (χ1n) is 13.3. The number of benzene rings is 3. The van der Waals surface area contributed by atoms with Gasteiger partial charge in [0.1, 0.15) is 11.6 Å². The highest BCUT2D eigenvalue weighted by Gasteiger charge is 2.45. The van der Waals surface area contributed by atoms with Crippen molar-refractivity contribution in [3.63, 3.8) is 0 Å². The molecule has 0 spiro atoms. The molecule has 2 N–H and O–H groups in total. The van der Waals surface area contributed by atoms with Gasteiger partial charge in [0.15, 0.2) is 5.78 Å². The molecule has 5 rings (SSSR count). The van der Waals surface area contributed by atoms with E-state index in [1.807, 2.05) is 33.8 Å². The monoisotopic (exact) mass is 605 g/mol. The van der Waals surface area contributed by atoms with E-state index in [-0.39, 0.29) is 22.6 Å². The Bertz CT molecular complexity index is 1690. The molecular weight excluding hydrogens is 576 g/mol. The normalized spacial score (nSPS) is 18.4. The Balaban J connectivity index is 1.66. The summed E-state index contributed by atoms with van der Waals surface area (Å²) in [5.74, 6) is -0.230. The summed E-state index contributed by atoms with van der Waals surface area (Å²) in [6, 6.07) is 18.0. The van der Waals surface area contributed by atoms with Crippen molar-refractivity contribution in [2.45, 2.75) is 57.1 Å². The molecule has 0 saturated carbocycles. The number of hydrogen-bond acceptors (Lipinski definition) is 5. The summed E-state index contributed by atoms with van der Waals surface area (Å²) in [4.78, 5) is 16.5. The van der Waals surface area contributed by atoms with Gasteiger partial charge in [0.05, 0.1) is 28.3 Å². The number of aryl methyl sites for hydroxylation is 2. The predicted octanol–water partition coefficient (Wildman–Crippen LogP) is 8.98. The van der Waals surface area contributed by atoms with Crippen LogP contribution in [0.25, 0.3) is 0 Å². The average molecular weight is 607 g/mol. The molecule has 0 bridgehead atoms. The van der Waals surface area contributed by atoms with Crippen LogP contribution in [0.1, 0.15) is 54.9 Å². The van der Waals surface area contributed by atoms with E-state index >= 15 is 0 Å². The van der Waals surface area contributed by atoms with Crippen LogP contribution in [0.15, 0.2) is 82.2 Å². The van der Waals surface area contributed by atoms with Crippen LogP contribution in [-0.4, -0.2) is 5.78 Å². The van der Waals surface area contributed by atoms with Crippen LogP contribution >= 0.6 is 35.0 Å². The van der Waals surface area contributed by atoms with E-state index in [0.29, 0.717) is 39.9 Å². The number of carbonyl (C=O) groups is 1. The van der Waals surface area contributed by atoms with Gasteiger partial charge in [0, 0.05) is 33.4 Å². The number of nitrogens with zero attached hydrogens (tertiary/aromatic N) is 2. The van der Waals surface area contributed by atoms with Crippen molar-refractivity contribution < 1.29 is 9.18 Å². The number of nitriles is 1. The Morgan fingerprint density at radius 3 is 2.56 bits per heavy atom. The molecule has 0 aromatic heterocycles. The molecule has 3 aromatic carbocycles. The Morgan fingerprint density at radius 1 is 1.10 bits per heavy atom. The first kappa shape index (κ1) is 29.3. The van der Waals surface area contributed by atoms with Crippen LogP contribution in [0.2, 0.25) is 10.0 Å². The number of ketones is 1. The van der Waals surface area contributed by atoms with Gasteiger partial charge in [0.25, 0.3) is 0 Å². The molecule has 210 valence electrons. The van der Waals surface area contributed by atoms with Gasteiger partial charge in [-0.25, -0.2) is 4.39 Å². The summed E-state index contributed by atoms with van der Waals surface area (Å²) in [7, 11) is 0. The number of nitrogens with two attached hydrogens (primary N) is 1. The molecule has 0 radical (unpaired) electrons. The number of Topliss-reactive ketones (excluding diaryl/α,β-unsaturated/α-hetero) is 1. The van der Waals surface area contributed by atoms with Crippen LogP contribution in [0, 0.1) is 36.4 Å². The maximum absolute atomic E-state index is 14.4. The molecule has 1 heterocycles. The summed E-state index contributed by atoms with van der Waals surface area (Å²) >= 11 is 14.2. The molecule has 1 aliphatic heterocycles. The van der Waals surface area contributed by atoms with E-state index in [0.717, 1.165) is 32.8 Å². The van der Waals surface area contributed by atoms with Crippen LogP contribution in [0.5, 0.6) is 0 Å². The molecule has 0 saturated heterocycles. The number of halogens is 3. The standard InChI is InChI=1S/C33H30Cl2FN3OS/c1-18-10-19(2)24(11-20(18)17-41-29-12-21(34)8-9-26(29)35)30-25(16-37)32(38)39(23-7-5-6-22(36)13-23)27-14-33(3,4)15-28(40)31(27)30/h5-13,30H,14-15,17,38H2,1-4H3. The minimum Gasteiger partial charge on any atom is -0.384 e. The van der Waals surface area contributed by atoms with Gasteiger partial charge in [-0.15, -0.1) is 11.8 Å². The van der Waals surface area contributed by atoms with Crippen LogP contribution in [-0.2, 0) is 10.5 Å². The predicted molar refractivity (Wildman–Crippen MR) is 165 cm³/mol. The third-order valence-electron chi connectivity index (χ3n) is 7.76. The Kier molecular flexibility index (Phi) is 8.00. The SMILES string of the molecule is Cc1cc(C)c(C2C(C#N)=C(N)N(c3cccc(F)c3)C3=C2C(=O)CC(C)(C)C3)cc1CSc1cc(Cl)ccc1Cl. The van der Waals surface area contributed by atoms with Gasteiger partial charge in [-0.1, -0.05) is 55.2 Å². The topological polar surface area (TPSA) is 70.1 Å². The number of carbonyl (C=O) groups excluding carboxylic acids is 1. The molecule has 0 amide bonds.